The molecule has 0 saturated heterocycles. The van der Waals surface area contributed by atoms with Crippen molar-refractivity contribution in [3.05, 3.63) is 88.4 Å². The Morgan fingerprint density at radius 1 is 1.05 bits per heavy atom. The number of methoxy groups -OCH3 is 1. The highest BCUT2D eigenvalue weighted by molar-refractivity contribution is 7.89. The number of halogens is 2. The number of carbonyl (C=O) groups is 2. The van der Waals surface area contributed by atoms with E-state index in [2.05, 4.69) is 0 Å². The Labute approximate surface area is 225 Å². The van der Waals surface area contributed by atoms with Gasteiger partial charge in [-0.2, -0.15) is 4.31 Å². The minimum Gasteiger partial charge on any atom is -0.475 e. The molecule has 1 aliphatic rings. The van der Waals surface area contributed by atoms with Crippen molar-refractivity contribution in [1.29, 1.82) is 0 Å². The number of amides is 1. The van der Waals surface area contributed by atoms with Gasteiger partial charge in [0.2, 0.25) is 22.0 Å². The predicted octanol–water partition coefficient (Wildman–Crippen LogP) is 4.19. The van der Waals surface area contributed by atoms with Gasteiger partial charge in [-0.05, 0) is 42.3 Å². The molecule has 0 N–H and O–H groups in total. The second-order valence-electron chi connectivity index (χ2n) is 8.25. The van der Waals surface area contributed by atoms with Crippen molar-refractivity contribution >= 4 is 50.8 Å². The van der Waals surface area contributed by atoms with Crippen molar-refractivity contribution in [1.82, 2.24) is 4.31 Å². The number of esters is 1. The van der Waals surface area contributed by atoms with Crippen LogP contribution in [0.25, 0.3) is 0 Å². The molecule has 1 heterocycles. The third kappa shape index (κ3) is 6.07. The summed E-state index contributed by atoms with van der Waals surface area (Å²) in [6.07, 6.45) is -0.698. The second kappa shape index (κ2) is 11.5. The van der Waals surface area contributed by atoms with E-state index in [1.807, 2.05) is 30.3 Å². The Balaban J connectivity index is 1.67. The van der Waals surface area contributed by atoms with Crippen LogP contribution in [-0.2, 0) is 30.8 Å². The summed E-state index contributed by atoms with van der Waals surface area (Å²) in [7, 11) is -3.00. The van der Waals surface area contributed by atoms with E-state index >= 15 is 0 Å². The number of sulfonamides is 1. The molecule has 3 aromatic carbocycles. The third-order valence-electron chi connectivity index (χ3n) is 5.85. The molecule has 0 saturated carbocycles. The summed E-state index contributed by atoms with van der Waals surface area (Å²) in [5.74, 6) is -0.875. The fourth-order valence-electron chi connectivity index (χ4n) is 3.96. The lowest BCUT2D eigenvalue weighted by atomic mass is 10.1. The summed E-state index contributed by atoms with van der Waals surface area (Å²) in [5.41, 5.74) is 1.32. The van der Waals surface area contributed by atoms with Gasteiger partial charge in [0.15, 0.2) is 0 Å². The first kappa shape index (κ1) is 26.9. The van der Waals surface area contributed by atoms with Gasteiger partial charge in [-0.3, -0.25) is 4.79 Å². The van der Waals surface area contributed by atoms with Crippen LogP contribution in [0.1, 0.15) is 5.56 Å². The largest absolute Gasteiger partial charge is 0.475 e. The zero-order valence-corrected chi connectivity index (χ0v) is 22.2. The fraction of sp³-hybridized carbons (Fsp3) is 0.231. The zero-order valence-electron chi connectivity index (χ0n) is 19.8. The molecule has 0 unspecified atom stereocenters. The molecule has 0 aliphatic carbocycles. The first-order chi connectivity index (χ1) is 17.7. The van der Waals surface area contributed by atoms with Crippen LogP contribution in [0.2, 0.25) is 10.0 Å². The summed E-state index contributed by atoms with van der Waals surface area (Å²) >= 11 is 12.3. The van der Waals surface area contributed by atoms with Gasteiger partial charge >= 0.3 is 5.97 Å². The number of ether oxygens (including phenoxy) is 2. The van der Waals surface area contributed by atoms with E-state index in [9.17, 15) is 18.0 Å². The molecular formula is C26H24Cl2N2O6S. The van der Waals surface area contributed by atoms with Gasteiger partial charge in [-0.25, -0.2) is 13.2 Å². The van der Waals surface area contributed by atoms with E-state index in [-0.39, 0.29) is 28.0 Å². The Morgan fingerprint density at radius 2 is 1.76 bits per heavy atom. The smallest absolute Gasteiger partial charge is 0.348 e. The summed E-state index contributed by atoms with van der Waals surface area (Å²) in [5, 5.41) is 0.185. The quantitative estimate of drug-likeness (QED) is 0.382. The van der Waals surface area contributed by atoms with E-state index in [0.29, 0.717) is 17.9 Å². The van der Waals surface area contributed by atoms with Gasteiger partial charge in [0.25, 0.3) is 0 Å². The van der Waals surface area contributed by atoms with Crippen LogP contribution >= 0.6 is 23.2 Å². The standard InChI is InChI=1S/C26H24Cl2N2O6S/c1-35-26(32)23-16-30(21-9-5-6-10-22(21)36-23)25(31)17-29(14-13-18-7-3-2-4-8-18)37(33,34)24-15-19(27)11-12-20(24)28/h2-12,15,23H,13-14,16-17H2,1H3/t23-/m1/s1. The van der Waals surface area contributed by atoms with Crippen molar-refractivity contribution in [3.8, 4) is 5.75 Å². The molecule has 37 heavy (non-hydrogen) atoms. The maximum absolute atomic E-state index is 13.7. The number of para-hydroxylation sites is 2. The number of fused-ring (bicyclic) bond motifs is 1. The summed E-state index contributed by atoms with van der Waals surface area (Å²) in [4.78, 5) is 27.0. The van der Waals surface area contributed by atoms with E-state index in [4.69, 9.17) is 32.7 Å². The monoisotopic (exact) mass is 562 g/mol. The number of rotatable bonds is 8. The van der Waals surface area contributed by atoms with Crippen LogP contribution < -0.4 is 9.64 Å². The van der Waals surface area contributed by atoms with Crippen LogP contribution in [-0.4, -0.2) is 57.4 Å². The molecule has 0 spiro atoms. The molecule has 0 fully saturated rings. The maximum atomic E-state index is 13.7. The summed E-state index contributed by atoms with van der Waals surface area (Å²) < 4.78 is 39.0. The van der Waals surface area contributed by atoms with Crippen LogP contribution in [0.3, 0.4) is 0 Å². The third-order valence-corrected chi connectivity index (χ3v) is 8.42. The highest BCUT2D eigenvalue weighted by Crippen LogP contribution is 2.34. The highest BCUT2D eigenvalue weighted by atomic mass is 35.5. The highest BCUT2D eigenvalue weighted by Gasteiger charge is 2.37. The van der Waals surface area contributed by atoms with Crippen LogP contribution in [0, 0.1) is 0 Å². The average Bonchev–Trinajstić information content (AvgIpc) is 2.91. The van der Waals surface area contributed by atoms with E-state index < -0.39 is 34.5 Å². The minimum atomic E-state index is -4.22. The van der Waals surface area contributed by atoms with Gasteiger partial charge in [0, 0.05) is 11.6 Å². The maximum Gasteiger partial charge on any atom is 0.348 e. The van der Waals surface area contributed by atoms with E-state index in [1.54, 1.807) is 24.3 Å². The number of benzene rings is 3. The number of hydrogen-bond donors (Lipinski definition) is 0. The van der Waals surface area contributed by atoms with Crippen molar-refractivity contribution < 1.29 is 27.5 Å². The Bertz CT molecular complexity index is 1400. The molecule has 0 radical (unpaired) electrons. The number of anilines is 1. The summed E-state index contributed by atoms with van der Waals surface area (Å²) in [6, 6.07) is 20.2. The van der Waals surface area contributed by atoms with E-state index in [1.165, 1.54) is 30.2 Å². The molecule has 4 rings (SSSR count). The van der Waals surface area contributed by atoms with Gasteiger partial charge in [0.1, 0.15) is 10.6 Å². The average molecular weight is 563 g/mol. The van der Waals surface area contributed by atoms with Crippen molar-refractivity contribution in [2.75, 3.05) is 31.6 Å². The van der Waals surface area contributed by atoms with Crippen LogP contribution in [0.5, 0.6) is 5.75 Å². The van der Waals surface area contributed by atoms with Gasteiger partial charge in [0.05, 0.1) is 30.9 Å². The Morgan fingerprint density at radius 3 is 2.49 bits per heavy atom. The number of hydrogen-bond acceptors (Lipinski definition) is 6. The van der Waals surface area contributed by atoms with Crippen molar-refractivity contribution in [3.63, 3.8) is 0 Å². The van der Waals surface area contributed by atoms with Crippen LogP contribution in [0.15, 0.2) is 77.7 Å². The van der Waals surface area contributed by atoms with Crippen molar-refractivity contribution in [2.45, 2.75) is 17.4 Å². The molecule has 1 amide bonds. The van der Waals surface area contributed by atoms with Gasteiger partial charge in [-0.15, -0.1) is 0 Å². The lowest BCUT2D eigenvalue weighted by Gasteiger charge is -2.34. The van der Waals surface area contributed by atoms with Gasteiger partial charge < -0.3 is 14.4 Å². The molecule has 0 aromatic heterocycles. The molecular weight excluding hydrogens is 539 g/mol. The normalized spacial score (nSPS) is 15.1. The Hall–Kier alpha value is -3.11. The molecule has 194 valence electrons. The SMILES string of the molecule is COC(=O)[C@H]1CN(C(=O)CN(CCc2ccccc2)S(=O)(=O)c2cc(Cl)ccc2Cl)c2ccccc2O1. The van der Waals surface area contributed by atoms with E-state index in [0.717, 1.165) is 9.87 Å². The molecule has 1 atom stereocenters. The molecule has 11 heteroatoms. The first-order valence-electron chi connectivity index (χ1n) is 11.3. The fourth-order valence-corrected chi connectivity index (χ4v) is 6.09. The molecule has 3 aromatic rings. The first-order valence-corrected chi connectivity index (χ1v) is 13.5. The van der Waals surface area contributed by atoms with Gasteiger partial charge in [-0.1, -0.05) is 65.7 Å². The lowest BCUT2D eigenvalue weighted by Crippen LogP contribution is -2.51. The molecule has 8 nitrogen and oxygen atoms in total. The molecule has 0 bridgehead atoms. The Kier molecular flexibility index (Phi) is 8.39. The number of carbonyl (C=O) groups excluding carboxylic acids is 2. The predicted molar refractivity (Wildman–Crippen MR) is 141 cm³/mol. The lowest BCUT2D eigenvalue weighted by molar-refractivity contribution is -0.148. The number of nitrogens with zero attached hydrogens (tertiary/aromatic N) is 2. The second-order valence-corrected chi connectivity index (χ2v) is 11.0. The topological polar surface area (TPSA) is 93.2 Å². The summed E-state index contributed by atoms with van der Waals surface area (Å²) in [6.45, 7) is -0.624. The minimum absolute atomic E-state index is 0.00729. The van der Waals surface area contributed by atoms with Crippen molar-refractivity contribution in [2.24, 2.45) is 0 Å². The molecule has 1 aliphatic heterocycles. The van der Waals surface area contributed by atoms with Crippen LogP contribution in [0.4, 0.5) is 5.69 Å². The zero-order chi connectivity index (χ0) is 26.6.